The van der Waals surface area contributed by atoms with Crippen molar-refractivity contribution in [2.45, 2.75) is 0 Å². The maximum Gasteiger partial charge on any atom is 0.159 e. The van der Waals surface area contributed by atoms with Gasteiger partial charge in [0.2, 0.25) is 0 Å². The Labute approximate surface area is 243 Å². The highest BCUT2D eigenvalue weighted by molar-refractivity contribution is 5.94. The van der Waals surface area contributed by atoms with E-state index in [0.717, 1.165) is 55.9 Å². The molecule has 3 aromatic carbocycles. The Balaban J connectivity index is 1.42. The van der Waals surface area contributed by atoms with Gasteiger partial charge in [0.15, 0.2) is 11.6 Å². The van der Waals surface area contributed by atoms with Gasteiger partial charge in [0, 0.05) is 59.4 Å². The SMILES string of the molecule is c1ccc(-c2cc(-c3ccccn3)c(-c3ccc(-c4ncccn4)cc3)cc2-c2ccc(-c3ncccn3)cc2)nc1. The van der Waals surface area contributed by atoms with E-state index in [2.05, 4.69) is 80.6 Å². The predicted molar refractivity (Wildman–Crippen MR) is 166 cm³/mol. The van der Waals surface area contributed by atoms with Crippen LogP contribution < -0.4 is 0 Å². The zero-order valence-electron chi connectivity index (χ0n) is 22.5. The molecule has 0 unspecified atom stereocenters. The van der Waals surface area contributed by atoms with E-state index in [9.17, 15) is 0 Å². The van der Waals surface area contributed by atoms with Crippen molar-refractivity contribution in [1.29, 1.82) is 0 Å². The first kappa shape index (κ1) is 25.1. The van der Waals surface area contributed by atoms with Crippen LogP contribution in [0.1, 0.15) is 0 Å². The van der Waals surface area contributed by atoms with Gasteiger partial charge < -0.3 is 0 Å². The zero-order chi connectivity index (χ0) is 28.1. The second kappa shape index (κ2) is 11.3. The van der Waals surface area contributed by atoms with E-state index in [1.54, 1.807) is 24.8 Å². The molecule has 4 heterocycles. The van der Waals surface area contributed by atoms with Crippen LogP contribution in [0, 0.1) is 0 Å². The van der Waals surface area contributed by atoms with E-state index in [-0.39, 0.29) is 0 Å². The molecule has 42 heavy (non-hydrogen) atoms. The van der Waals surface area contributed by atoms with E-state index < -0.39 is 0 Å². The lowest BCUT2D eigenvalue weighted by Gasteiger charge is -2.17. The molecule has 4 aromatic heterocycles. The Bertz CT molecular complexity index is 1790. The van der Waals surface area contributed by atoms with Gasteiger partial charge in [-0.2, -0.15) is 0 Å². The number of benzene rings is 3. The molecule has 0 aliphatic carbocycles. The molecule has 0 N–H and O–H groups in total. The van der Waals surface area contributed by atoms with E-state index >= 15 is 0 Å². The number of rotatable bonds is 6. The first-order valence-corrected chi connectivity index (χ1v) is 13.6. The minimum Gasteiger partial charge on any atom is -0.256 e. The largest absolute Gasteiger partial charge is 0.256 e. The summed E-state index contributed by atoms with van der Waals surface area (Å²) < 4.78 is 0. The molecule has 0 fully saturated rings. The highest BCUT2D eigenvalue weighted by atomic mass is 14.9. The van der Waals surface area contributed by atoms with Crippen LogP contribution in [0.5, 0.6) is 0 Å². The fourth-order valence-corrected chi connectivity index (χ4v) is 5.04. The summed E-state index contributed by atoms with van der Waals surface area (Å²) in [6, 6.07) is 36.8. The maximum atomic E-state index is 4.73. The minimum atomic E-state index is 0.697. The Kier molecular flexibility index (Phi) is 6.76. The molecule has 0 spiro atoms. The van der Waals surface area contributed by atoms with Gasteiger partial charge >= 0.3 is 0 Å². The van der Waals surface area contributed by atoms with Gasteiger partial charge in [-0.15, -0.1) is 0 Å². The predicted octanol–water partition coefficient (Wildman–Crippen LogP) is 8.06. The van der Waals surface area contributed by atoms with Gasteiger partial charge in [-0.25, -0.2) is 19.9 Å². The molecule has 6 heteroatoms. The Hall–Kier alpha value is -5.88. The number of pyridine rings is 2. The lowest BCUT2D eigenvalue weighted by atomic mass is 9.87. The van der Waals surface area contributed by atoms with E-state index in [0.29, 0.717) is 11.6 Å². The highest BCUT2D eigenvalue weighted by Crippen LogP contribution is 2.41. The average molecular weight is 541 g/mol. The smallest absolute Gasteiger partial charge is 0.159 e. The molecule has 198 valence electrons. The third-order valence-corrected chi connectivity index (χ3v) is 7.08. The van der Waals surface area contributed by atoms with Crippen LogP contribution in [0.3, 0.4) is 0 Å². The standard InChI is InChI=1S/C36H24N6/c1-3-17-37-33(7-1)31-24-32(34-8-2-4-18-38-34)30(26-11-15-28(16-12-26)36-41-21-6-22-42-36)23-29(31)25-9-13-27(14-10-25)35-39-19-5-20-40-35/h1-24H. The first-order valence-electron chi connectivity index (χ1n) is 13.6. The second-order valence-corrected chi connectivity index (χ2v) is 9.67. The summed E-state index contributed by atoms with van der Waals surface area (Å²) in [5.41, 5.74) is 10.0. The topological polar surface area (TPSA) is 77.3 Å². The third kappa shape index (κ3) is 5.05. The minimum absolute atomic E-state index is 0.697. The molecular weight excluding hydrogens is 516 g/mol. The molecule has 0 radical (unpaired) electrons. The Morgan fingerprint density at radius 2 is 0.643 bits per heavy atom. The van der Waals surface area contributed by atoms with E-state index in [1.807, 2.05) is 60.9 Å². The number of nitrogens with zero attached hydrogens (tertiary/aromatic N) is 6. The van der Waals surface area contributed by atoms with E-state index in [4.69, 9.17) is 9.97 Å². The van der Waals surface area contributed by atoms with Crippen molar-refractivity contribution in [2.75, 3.05) is 0 Å². The molecule has 0 saturated carbocycles. The van der Waals surface area contributed by atoms with E-state index in [1.165, 1.54) is 0 Å². The molecule has 0 amide bonds. The van der Waals surface area contributed by atoms with Gasteiger partial charge in [0.25, 0.3) is 0 Å². The number of hydrogen-bond donors (Lipinski definition) is 0. The van der Waals surface area contributed by atoms with Crippen LogP contribution in [-0.4, -0.2) is 29.9 Å². The van der Waals surface area contributed by atoms with Crippen LogP contribution in [0.25, 0.3) is 67.5 Å². The maximum absolute atomic E-state index is 4.73. The molecule has 0 aliphatic rings. The molecule has 0 atom stereocenters. The lowest BCUT2D eigenvalue weighted by Crippen LogP contribution is -1.95. The van der Waals surface area contributed by atoms with Crippen LogP contribution >= 0.6 is 0 Å². The monoisotopic (exact) mass is 540 g/mol. The Morgan fingerprint density at radius 3 is 1.02 bits per heavy atom. The van der Waals surface area contributed by atoms with Gasteiger partial charge in [-0.1, -0.05) is 60.7 Å². The van der Waals surface area contributed by atoms with Crippen LogP contribution in [-0.2, 0) is 0 Å². The molecule has 7 rings (SSSR count). The van der Waals surface area contributed by atoms with Crippen molar-refractivity contribution < 1.29 is 0 Å². The fraction of sp³-hybridized carbons (Fsp3) is 0. The molecular formula is C36H24N6. The quantitative estimate of drug-likeness (QED) is 0.212. The lowest BCUT2D eigenvalue weighted by molar-refractivity contribution is 1.18. The molecule has 0 aliphatic heterocycles. The number of aromatic nitrogens is 6. The summed E-state index contributed by atoms with van der Waals surface area (Å²) in [4.78, 5) is 27.1. The van der Waals surface area contributed by atoms with Gasteiger partial charge in [0.1, 0.15) is 0 Å². The molecule has 7 aromatic rings. The van der Waals surface area contributed by atoms with Gasteiger partial charge in [0.05, 0.1) is 11.4 Å². The van der Waals surface area contributed by atoms with Gasteiger partial charge in [-0.3, -0.25) is 9.97 Å². The first-order chi connectivity index (χ1) is 20.8. The zero-order valence-corrected chi connectivity index (χ0v) is 22.5. The second-order valence-electron chi connectivity index (χ2n) is 9.67. The Morgan fingerprint density at radius 1 is 0.286 bits per heavy atom. The summed E-state index contributed by atoms with van der Waals surface area (Å²) in [5.74, 6) is 1.39. The van der Waals surface area contributed by atoms with Crippen molar-refractivity contribution in [3.05, 3.63) is 146 Å². The van der Waals surface area contributed by atoms with Crippen molar-refractivity contribution in [3.63, 3.8) is 0 Å². The number of hydrogen-bond acceptors (Lipinski definition) is 6. The van der Waals surface area contributed by atoms with Crippen LogP contribution in [0.4, 0.5) is 0 Å². The van der Waals surface area contributed by atoms with Crippen LogP contribution in [0.15, 0.2) is 146 Å². The fourth-order valence-electron chi connectivity index (χ4n) is 5.04. The summed E-state index contributed by atoms with van der Waals surface area (Å²) in [7, 11) is 0. The summed E-state index contributed by atoms with van der Waals surface area (Å²) in [6.07, 6.45) is 10.7. The molecule has 6 nitrogen and oxygen atoms in total. The van der Waals surface area contributed by atoms with Crippen LogP contribution in [0.2, 0.25) is 0 Å². The third-order valence-electron chi connectivity index (χ3n) is 7.08. The van der Waals surface area contributed by atoms with Crippen molar-refractivity contribution in [2.24, 2.45) is 0 Å². The van der Waals surface area contributed by atoms with Crippen molar-refractivity contribution in [1.82, 2.24) is 29.9 Å². The normalized spacial score (nSPS) is 10.9. The van der Waals surface area contributed by atoms with Crippen molar-refractivity contribution >= 4 is 0 Å². The van der Waals surface area contributed by atoms with Crippen molar-refractivity contribution in [3.8, 4) is 67.5 Å². The van der Waals surface area contributed by atoms with Gasteiger partial charge in [-0.05, 0) is 70.8 Å². The average Bonchev–Trinajstić information content (AvgIpc) is 3.09. The summed E-state index contributed by atoms with van der Waals surface area (Å²) in [5, 5.41) is 0. The molecule has 0 saturated heterocycles. The summed E-state index contributed by atoms with van der Waals surface area (Å²) >= 11 is 0. The highest BCUT2D eigenvalue weighted by Gasteiger charge is 2.18. The molecule has 0 bridgehead atoms. The summed E-state index contributed by atoms with van der Waals surface area (Å²) in [6.45, 7) is 0.